The summed E-state index contributed by atoms with van der Waals surface area (Å²) in [5.41, 5.74) is 0.281. The molecule has 2 aliphatic heterocycles. The SMILES string of the molecule is COc1ccc(-c2nn([C@@H]3CC4C(=O)NC5(C(=O)O)CC5/C=C\CCCCCC(NC(=O)N[C@H](C)C(C)(C)C)C(=O)N4C3)nc2-c2nccs2)cc1. The van der Waals surface area contributed by atoms with E-state index in [0.29, 0.717) is 35.0 Å². The molecule has 6 atom stereocenters. The van der Waals surface area contributed by atoms with E-state index in [9.17, 15) is 24.3 Å². The van der Waals surface area contributed by atoms with Crippen LogP contribution in [0.2, 0.25) is 0 Å². The molecule has 4 heterocycles. The number of allylic oxidation sites excluding steroid dienone is 1. The van der Waals surface area contributed by atoms with Crippen LogP contribution < -0.4 is 20.7 Å². The number of methoxy groups -OCH3 is 1. The van der Waals surface area contributed by atoms with Crippen molar-refractivity contribution in [3.8, 4) is 27.7 Å². The van der Waals surface area contributed by atoms with Crippen LogP contribution in [-0.2, 0) is 14.4 Å². The summed E-state index contributed by atoms with van der Waals surface area (Å²) in [5.74, 6) is -1.73. The summed E-state index contributed by atoms with van der Waals surface area (Å²) >= 11 is 1.42. The Hall–Kier alpha value is -4.79. The van der Waals surface area contributed by atoms with Gasteiger partial charge in [-0.1, -0.05) is 45.8 Å². The molecule has 3 aromatic rings. The predicted octanol–water partition coefficient (Wildman–Crippen LogP) is 4.80. The molecule has 1 aliphatic carbocycles. The fourth-order valence-corrected chi connectivity index (χ4v) is 7.39. The van der Waals surface area contributed by atoms with Gasteiger partial charge in [0.2, 0.25) is 11.8 Å². The number of hydrogen-bond donors (Lipinski definition) is 4. The molecule has 1 aromatic carbocycles. The van der Waals surface area contributed by atoms with Gasteiger partial charge in [-0.3, -0.25) is 9.59 Å². The highest BCUT2D eigenvalue weighted by molar-refractivity contribution is 7.13. The first kappa shape index (κ1) is 37.0. The van der Waals surface area contributed by atoms with Crippen molar-refractivity contribution < 1.29 is 29.0 Å². The number of fused-ring (bicyclic) bond motifs is 2. The van der Waals surface area contributed by atoms with Crippen LogP contribution in [0.15, 0.2) is 48.0 Å². The molecule has 52 heavy (non-hydrogen) atoms. The van der Waals surface area contributed by atoms with Crippen LogP contribution in [0, 0.1) is 11.3 Å². The summed E-state index contributed by atoms with van der Waals surface area (Å²) in [6, 6.07) is 4.33. The second-order valence-corrected chi connectivity index (χ2v) is 16.0. The third kappa shape index (κ3) is 7.83. The highest BCUT2D eigenvalue weighted by atomic mass is 32.1. The van der Waals surface area contributed by atoms with E-state index in [4.69, 9.17) is 14.9 Å². The molecule has 0 spiro atoms. The summed E-state index contributed by atoms with van der Waals surface area (Å²) in [7, 11) is 1.60. The molecule has 4 amide bonds. The Morgan fingerprint density at radius 1 is 1.12 bits per heavy atom. The number of thiazole rings is 1. The lowest BCUT2D eigenvalue weighted by atomic mass is 9.88. The number of ether oxygens (including phenoxy) is 1. The first-order valence-corrected chi connectivity index (χ1v) is 18.8. The number of carbonyl (C=O) groups excluding carboxylic acids is 3. The predicted molar refractivity (Wildman–Crippen MR) is 195 cm³/mol. The van der Waals surface area contributed by atoms with E-state index in [2.05, 4.69) is 20.9 Å². The van der Waals surface area contributed by atoms with Gasteiger partial charge in [-0.05, 0) is 62.3 Å². The Balaban J connectivity index is 1.34. The maximum absolute atomic E-state index is 14.6. The first-order valence-electron chi connectivity index (χ1n) is 17.9. The number of benzene rings is 1. The minimum atomic E-state index is -1.44. The fraction of sp³-hybridized carbons (Fsp3) is 0.541. The van der Waals surface area contributed by atoms with Crippen molar-refractivity contribution in [2.75, 3.05) is 13.7 Å². The molecule has 3 aliphatic rings. The molecule has 4 unspecified atom stereocenters. The molecule has 0 radical (unpaired) electrons. The maximum atomic E-state index is 14.6. The number of nitrogens with one attached hydrogen (secondary N) is 3. The van der Waals surface area contributed by atoms with E-state index in [1.807, 2.05) is 69.5 Å². The molecule has 14 nitrogen and oxygen atoms in total. The Kier molecular flexibility index (Phi) is 10.7. The van der Waals surface area contributed by atoms with Gasteiger partial charge in [0.25, 0.3) is 0 Å². The molecule has 0 bridgehead atoms. The van der Waals surface area contributed by atoms with Gasteiger partial charge in [-0.2, -0.15) is 9.90 Å². The van der Waals surface area contributed by atoms with Crippen molar-refractivity contribution >= 4 is 35.2 Å². The second kappa shape index (κ2) is 15.1. The highest BCUT2D eigenvalue weighted by Crippen LogP contribution is 2.46. The van der Waals surface area contributed by atoms with Crippen LogP contribution >= 0.6 is 11.3 Å². The fourth-order valence-electron chi connectivity index (χ4n) is 6.77. The average Bonchev–Trinajstić information content (AvgIpc) is 3.56. The normalized spacial score (nSPS) is 26.5. The largest absolute Gasteiger partial charge is 0.497 e. The monoisotopic (exact) mass is 732 g/mol. The third-order valence-corrected chi connectivity index (χ3v) is 11.3. The molecule has 1 saturated heterocycles. The number of hydrogen-bond acceptors (Lipinski definition) is 9. The Morgan fingerprint density at radius 3 is 2.54 bits per heavy atom. The minimum absolute atomic E-state index is 0.0759. The number of carboxylic acids is 1. The van der Waals surface area contributed by atoms with Gasteiger partial charge >= 0.3 is 12.0 Å². The summed E-state index contributed by atoms with van der Waals surface area (Å²) in [4.78, 5) is 62.0. The molecule has 1 saturated carbocycles. The smallest absolute Gasteiger partial charge is 0.330 e. The van der Waals surface area contributed by atoms with Crippen LogP contribution in [0.5, 0.6) is 5.75 Å². The average molecular weight is 733 g/mol. The van der Waals surface area contributed by atoms with Gasteiger partial charge in [0, 0.05) is 42.1 Å². The van der Waals surface area contributed by atoms with Crippen LogP contribution in [0.3, 0.4) is 0 Å². The van der Waals surface area contributed by atoms with Gasteiger partial charge in [-0.15, -0.1) is 16.4 Å². The molecule has 15 heteroatoms. The molecule has 2 aromatic heterocycles. The van der Waals surface area contributed by atoms with Gasteiger partial charge in [-0.25, -0.2) is 14.6 Å². The van der Waals surface area contributed by atoms with E-state index in [-0.39, 0.29) is 36.8 Å². The lowest BCUT2D eigenvalue weighted by molar-refractivity contribution is -0.145. The summed E-state index contributed by atoms with van der Waals surface area (Å²) in [5, 5.41) is 31.2. The van der Waals surface area contributed by atoms with E-state index in [1.54, 1.807) is 13.3 Å². The molecular weight excluding hydrogens is 685 g/mol. The van der Waals surface area contributed by atoms with Crippen LogP contribution in [0.25, 0.3) is 22.0 Å². The number of amides is 4. The number of nitrogens with zero attached hydrogens (tertiary/aromatic N) is 5. The van der Waals surface area contributed by atoms with Crippen molar-refractivity contribution in [2.45, 2.75) is 102 Å². The summed E-state index contributed by atoms with van der Waals surface area (Å²) in [6.07, 6.45) is 9.45. The van der Waals surface area contributed by atoms with Crippen molar-refractivity contribution in [1.29, 1.82) is 0 Å². The molecule has 6 rings (SSSR count). The Labute approximate surface area is 307 Å². The molecule has 4 N–H and O–H groups in total. The van der Waals surface area contributed by atoms with Crippen molar-refractivity contribution in [1.82, 2.24) is 40.8 Å². The van der Waals surface area contributed by atoms with Crippen LogP contribution in [0.4, 0.5) is 4.79 Å². The van der Waals surface area contributed by atoms with E-state index < -0.39 is 47.5 Å². The zero-order chi connectivity index (χ0) is 37.2. The Bertz CT molecular complexity index is 1800. The van der Waals surface area contributed by atoms with Crippen LogP contribution in [-0.4, -0.2) is 91.1 Å². The molecule has 278 valence electrons. The van der Waals surface area contributed by atoms with Crippen molar-refractivity contribution in [3.05, 3.63) is 48.0 Å². The number of carbonyl (C=O) groups is 4. The van der Waals surface area contributed by atoms with E-state index in [0.717, 1.165) is 24.8 Å². The number of urea groups is 1. The summed E-state index contributed by atoms with van der Waals surface area (Å²) in [6.45, 7) is 8.05. The van der Waals surface area contributed by atoms with Crippen LogP contribution in [0.1, 0.15) is 78.7 Å². The second-order valence-electron chi connectivity index (χ2n) is 15.1. The van der Waals surface area contributed by atoms with E-state index >= 15 is 0 Å². The third-order valence-electron chi connectivity index (χ3n) is 10.5. The van der Waals surface area contributed by atoms with Crippen molar-refractivity contribution in [2.24, 2.45) is 11.3 Å². The summed E-state index contributed by atoms with van der Waals surface area (Å²) < 4.78 is 5.34. The highest BCUT2D eigenvalue weighted by Gasteiger charge is 2.61. The Morgan fingerprint density at radius 2 is 1.87 bits per heavy atom. The first-order chi connectivity index (χ1) is 24.8. The number of carboxylic acid groups (broad SMARTS) is 1. The number of aliphatic carboxylic acids is 1. The lowest BCUT2D eigenvalue weighted by Gasteiger charge is -2.31. The zero-order valence-electron chi connectivity index (χ0n) is 30.3. The lowest BCUT2D eigenvalue weighted by Crippen LogP contribution is -2.58. The molecule has 2 fully saturated rings. The number of rotatable bonds is 7. The van der Waals surface area contributed by atoms with Gasteiger partial charge in [0.05, 0.1) is 13.2 Å². The minimum Gasteiger partial charge on any atom is -0.497 e. The zero-order valence-corrected chi connectivity index (χ0v) is 31.1. The standard InChI is InChI=1S/C37H48N8O6S/c1-22(36(2,3)4)39-35(50)40-27-12-10-8-6-7-9-11-24-20-37(24,34(48)49)41-31(46)28-19-25(21-44(28)33(27)47)45-42-29(23-13-15-26(51-5)16-14-23)30(43-45)32-38-17-18-52-32/h9,11,13-18,22,24-25,27-28H,6-8,10,12,19-21H2,1-5H3,(H,41,46)(H,48,49)(H2,39,40,50)/b11-9-/t22-,24?,25-,27?,28?,37?/m1/s1. The number of aromatic nitrogens is 4. The quantitative estimate of drug-likeness (QED) is 0.248. The van der Waals surface area contributed by atoms with Gasteiger partial charge in [0.1, 0.15) is 39.8 Å². The van der Waals surface area contributed by atoms with Gasteiger partial charge in [0.15, 0.2) is 0 Å². The molecular formula is C37H48N8O6S. The van der Waals surface area contributed by atoms with E-state index in [1.165, 1.54) is 21.0 Å². The van der Waals surface area contributed by atoms with Gasteiger partial charge < -0.3 is 30.7 Å². The topological polar surface area (TPSA) is 181 Å². The van der Waals surface area contributed by atoms with Crippen molar-refractivity contribution in [3.63, 3.8) is 0 Å². The maximum Gasteiger partial charge on any atom is 0.330 e.